The molecule has 0 radical (unpaired) electrons. The lowest BCUT2D eigenvalue weighted by Crippen LogP contribution is -1.96. The molecule has 0 aromatic carbocycles. The molecule has 0 atom stereocenters. The topological polar surface area (TPSA) is 26.3 Å². The standard InChI is InChI=1S/C8H14O2/c1-4-8(7(3)9)6-10-5-2/h6H,4-5H2,1-3H3. The molecule has 2 heteroatoms. The Labute approximate surface area is 61.9 Å². The molecule has 0 aliphatic carbocycles. The van der Waals surface area contributed by atoms with E-state index in [0.717, 1.165) is 12.0 Å². The zero-order chi connectivity index (χ0) is 7.98. The fourth-order valence-corrected chi connectivity index (χ4v) is 0.599. The molecule has 0 fully saturated rings. The Morgan fingerprint density at radius 2 is 2.10 bits per heavy atom. The minimum Gasteiger partial charge on any atom is -0.501 e. The second-order valence-corrected chi connectivity index (χ2v) is 2.01. The highest BCUT2D eigenvalue weighted by atomic mass is 16.5. The van der Waals surface area contributed by atoms with Gasteiger partial charge in [-0.3, -0.25) is 4.79 Å². The summed E-state index contributed by atoms with van der Waals surface area (Å²) < 4.78 is 4.96. The third-order valence-corrected chi connectivity index (χ3v) is 1.23. The largest absolute Gasteiger partial charge is 0.501 e. The molecule has 0 saturated carbocycles. The van der Waals surface area contributed by atoms with Gasteiger partial charge in [0.05, 0.1) is 12.9 Å². The number of carbonyl (C=O) groups excluding carboxylic acids is 1. The van der Waals surface area contributed by atoms with Gasteiger partial charge in [0.15, 0.2) is 5.78 Å². The highest BCUT2D eigenvalue weighted by Gasteiger charge is 1.98. The number of allylic oxidation sites excluding steroid dienone is 1. The Kier molecular flexibility index (Phi) is 4.63. The molecule has 0 unspecified atom stereocenters. The number of carbonyl (C=O) groups is 1. The van der Waals surface area contributed by atoms with Gasteiger partial charge in [-0.05, 0) is 20.3 Å². The van der Waals surface area contributed by atoms with Crippen LogP contribution in [0.1, 0.15) is 27.2 Å². The fourth-order valence-electron chi connectivity index (χ4n) is 0.599. The van der Waals surface area contributed by atoms with Gasteiger partial charge in [0.1, 0.15) is 0 Å². The summed E-state index contributed by atoms with van der Waals surface area (Å²) in [7, 11) is 0. The van der Waals surface area contributed by atoms with E-state index >= 15 is 0 Å². The summed E-state index contributed by atoms with van der Waals surface area (Å²) in [6.07, 6.45) is 2.29. The third-order valence-electron chi connectivity index (χ3n) is 1.23. The van der Waals surface area contributed by atoms with Crippen LogP contribution in [0, 0.1) is 0 Å². The molecule has 2 nitrogen and oxygen atoms in total. The summed E-state index contributed by atoms with van der Waals surface area (Å²) in [5.74, 6) is 0.0935. The average Bonchev–Trinajstić information content (AvgIpc) is 1.89. The monoisotopic (exact) mass is 142 g/mol. The molecule has 0 spiro atoms. The molecule has 0 amide bonds. The maximum atomic E-state index is 10.7. The van der Waals surface area contributed by atoms with E-state index in [2.05, 4.69) is 0 Å². The van der Waals surface area contributed by atoms with Crippen molar-refractivity contribution >= 4 is 5.78 Å². The van der Waals surface area contributed by atoms with Gasteiger partial charge in [-0.2, -0.15) is 0 Å². The Balaban J connectivity index is 3.91. The van der Waals surface area contributed by atoms with Crippen LogP contribution < -0.4 is 0 Å². The molecule has 0 saturated heterocycles. The first-order chi connectivity index (χ1) is 4.72. The van der Waals surface area contributed by atoms with E-state index in [1.54, 1.807) is 13.2 Å². The zero-order valence-electron chi connectivity index (χ0n) is 6.81. The second kappa shape index (κ2) is 5.03. The molecule has 0 N–H and O–H groups in total. The van der Waals surface area contributed by atoms with Gasteiger partial charge in [-0.15, -0.1) is 0 Å². The van der Waals surface area contributed by atoms with Crippen molar-refractivity contribution in [3.05, 3.63) is 11.8 Å². The molecular formula is C8H14O2. The van der Waals surface area contributed by atoms with Gasteiger partial charge in [-0.25, -0.2) is 0 Å². The number of rotatable bonds is 4. The van der Waals surface area contributed by atoms with Crippen LogP contribution in [0.25, 0.3) is 0 Å². The molecular weight excluding hydrogens is 128 g/mol. The van der Waals surface area contributed by atoms with Gasteiger partial charge in [0.2, 0.25) is 0 Å². The maximum absolute atomic E-state index is 10.7. The molecule has 0 bridgehead atoms. The Morgan fingerprint density at radius 1 is 1.50 bits per heavy atom. The van der Waals surface area contributed by atoms with E-state index in [1.807, 2.05) is 13.8 Å². The van der Waals surface area contributed by atoms with E-state index in [4.69, 9.17) is 4.74 Å². The maximum Gasteiger partial charge on any atom is 0.158 e. The van der Waals surface area contributed by atoms with Crippen LogP contribution in [0.2, 0.25) is 0 Å². The lowest BCUT2D eigenvalue weighted by atomic mass is 10.2. The van der Waals surface area contributed by atoms with Gasteiger partial charge in [-0.1, -0.05) is 6.92 Å². The van der Waals surface area contributed by atoms with Crippen LogP contribution >= 0.6 is 0 Å². The van der Waals surface area contributed by atoms with Crippen molar-refractivity contribution in [2.24, 2.45) is 0 Å². The van der Waals surface area contributed by atoms with Gasteiger partial charge < -0.3 is 4.74 Å². The van der Waals surface area contributed by atoms with Crippen LogP contribution in [0.3, 0.4) is 0 Å². The first-order valence-corrected chi connectivity index (χ1v) is 3.53. The predicted molar refractivity (Wildman–Crippen MR) is 40.7 cm³/mol. The van der Waals surface area contributed by atoms with E-state index in [9.17, 15) is 4.79 Å². The lowest BCUT2D eigenvalue weighted by Gasteiger charge is -1.98. The van der Waals surface area contributed by atoms with Crippen molar-refractivity contribution in [3.8, 4) is 0 Å². The highest BCUT2D eigenvalue weighted by Crippen LogP contribution is 2.01. The molecule has 58 valence electrons. The smallest absolute Gasteiger partial charge is 0.158 e. The summed E-state index contributed by atoms with van der Waals surface area (Å²) in [6, 6.07) is 0. The molecule has 0 heterocycles. The van der Waals surface area contributed by atoms with E-state index < -0.39 is 0 Å². The fraction of sp³-hybridized carbons (Fsp3) is 0.625. The van der Waals surface area contributed by atoms with Crippen molar-refractivity contribution in [2.45, 2.75) is 27.2 Å². The first-order valence-electron chi connectivity index (χ1n) is 3.53. The summed E-state index contributed by atoms with van der Waals surface area (Å²) in [4.78, 5) is 10.7. The average molecular weight is 142 g/mol. The summed E-state index contributed by atoms with van der Waals surface area (Å²) >= 11 is 0. The molecule has 0 rings (SSSR count). The quantitative estimate of drug-likeness (QED) is 0.442. The van der Waals surface area contributed by atoms with Crippen LogP contribution in [0.4, 0.5) is 0 Å². The third kappa shape index (κ3) is 3.28. The zero-order valence-corrected chi connectivity index (χ0v) is 6.81. The first kappa shape index (κ1) is 9.21. The molecule has 0 aromatic rings. The predicted octanol–water partition coefficient (Wildman–Crippen LogP) is 1.91. The summed E-state index contributed by atoms with van der Waals surface area (Å²) in [5.41, 5.74) is 0.752. The Morgan fingerprint density at radius 3 is 2.40 bits per heavy atom. The number of ether oxygens (including phenoxy) is 1. The number of ketones is 1. The molecule has 0 aliphatic heterocycles. The number of hydrogen-bond acceptors (Lipinski definition) is 2. The van der Waals surface area contributed by atoms with E-state index in [-0.39, 0.29) is 5.78 Å². The SMILES string of the molecule is CCOC=C(CC)C(C)=O. The van der Waals surface area contributed by atoms with Crippen LogP contribution in [0.15, 0.2) is 11.8 Å². The number of Topliss-reactive ketones (excluding diaryl/α,β-unsaturated/α-hetero) is 1. The molecule has 0 aliphatic rings. The minimum absolute atomic E-state index is 0.0935. The van der Waals surface area contributed by atoms with Gasteiger partial charge in [0.25, 0.3) is 0 Å². The van der Waals surface area contributed by atoms with E-state index in [1.165, 1.54) is 0 Å². The normalized spacial score (nSPS) is 11.3. The molecule has 10 heavy (non-hydrogen) atoms. The number of hydrogen-bond donors (Lipinski definition) is 0. The van der Waals surface area contributed by atoms with Crippen LogP contribution in [-0.2, 0) is 9.53 Å². The van der Waals surface area contributed by atoms with Crippen LogP contribution in [0.5, 0.6) is 0 Å². The van der Waals surface area contributed by atoms with Crippen molar-refractivity contribution in [2.75, 3.05) is 6.61 Å². The van der Waals surface area contributed by atoms with Crippen molar-refractivity contribution < 1.29 is 9.53 Å². The van der Waals surface area contributed by atoms with Crippen molar-refractivity contribution in [3.63, 3.8) is 0 Å². The van der Waals surface area contributed by atoms with Crippen molar-refractivity contribution in [1.29, 1.82) is 0 Å². The Hall–Kier alpha value is -0.790. The second-order valence-electron chi connectivity index (χ2n) is 2.01. The lowest BCUT2D eigenvalue weighted by molar-refractivity contribution is -0.113. The van der Waals surface area contributed by atoms with E-state index in [0.29, 0.717) is 6.61 Å². The van der Waals surface area contributed by atoms with Gasteiger partial charge in [0, 0.05) is 5.57 Å². The minimum atomic E-state index is 0.0935. The van der Waals surface area contributed by atoms with Crippen molar-refractivity contribution in [1.82, 2.24) is 0 Å². The Bertz CT molecular complexity index is 136. The summed E-state index contributed by atoms with van der Waals surface area (Å²) in [6.45, 7) is 6.00. The van der Waals surface area contributed by atoms with Gasteiger partial charge >= 0.3 is 0 Å². The highest BCUT2D eigenvalue weighted by molar-refractivity contribution is 5.92. The molecule has 0 aromatic heterocycles. The van der Waals surface area contributed by atoms with Crippen LogP contribution in [-0.4, -0.2) is 12.4 Å². The summed E-state index contributed by atoms with van der Waals surface area (Å²) in [5, 5.41) is 0.